The zero-order valence-corrected chi connectivity index (χ0v) is 21.7. The fourth-order valence-corrected chi connectivity index (χ4v) is 5.95. The first-order valence-corrected chi connectivity index (χ1v) is 13.6. The van der Waals surface area contributed by atoms with Crippen LogP contribution in [0.5, 0.6) is 0 Å². The zero-order valence-electron chi connectivity index (χ0n) is 20.9. The molecule has 1 aliphatic rings. The molecule has 1 saturated carbocycles. The maximum absolute atomic E-state index is 12.9. The van der Waals surface area contributed by atoms with Crippen LogP contribution in [0.25, 0.3) is 10.9 Å². The molecule has 0 atom stereocenters. The van der Waals surface area contributed by atoms with Crippen LogP contribution in [0.2, 0.25) is 0 Å². The minimum absolute atomic E-state index is 0.0376. The predicted molar refractivity (Wildman–Crippen MR) is 141 cm³/mol. The Morgan fingerprint density at radius 2 is 1.61 bits per heavy atom. The summed E-state index contributed by atoms with van der Waals surface area (Å²) in [6.07, 6.45) is 3.84. The Bertz CT molecular complexity index is 1320. The molecule has 0 spiro atoms. The highest BCUT2D eigenvalue weighted by atomic mass is 32.2. The number of sulfonamides is 1. The van der Waals surface area contributed by atoms with Crippen molar-refractivity contribution in [1.29, 1.82) is 0 Å². The quantitative estimate of drug-likeness (QED) is 0.418. The zero-order chi connectivity index (χ0) is 25.7. The third-order valence-corrected chi connectivity index (χ3v) is 8.15. The van der Waals surface area contributed by atoms with E-state index in [1.165, 1.54) is 19.2 Å². The number of anilines is 2. The van der Waals surface area contributed by atoms with Crippen molar-refractivity contribution in [2.75, 3.05) is 44.5 Å². The highest BCUT2D eigenvalue weighted by Crippen LogP contribution is 2.30. The Kier molecular flexibility index (Phi) is 8.05. The number of methoxy groups -OCH3 is 1. The number of nitrogens with one attached hydrogen (secondary N) is 2. The number of rotatable bonds is 9. The normalized spacial score (nSPS) is 18.1. The molecule has 3 aromatic rings. The van der Waals surface area contributed by atoms with Gasteiger partial charge in [0, 0.05) is 32.6 Å². The molecule has 1 aliphatic carbocycles. The first-order chi connectivity index (χ1) is 17.3. The van der Waals surface area contributed by atoms with Gasteiger partial charge in [0.2, 0.25) is 16.0 Å². The van der Waals surface area contributed by atoms with E-state index in [0.717, 1.165) is 48.9 Å². The molecule has 36 heavy (non-hydrogen) atoms. The third kappa shape index (κ3) is 5.93. The van der Waals surface area contributed by atoms with Gasteiger partial charge in [0.1, 0.15) is 5.82 Å². The van der Waals surface area contributed by atoms with E-state index in [-0.39, 0.29) is 16.4 Å². The minimum Gasteiger partial charge on any atom is -0.465 e. The second kappa shape index (κ2) is 11.2. The average Bonchev–Trinajstić information content (AvgIpc) is 2.90. The summed E-state index contributed by atoms with van der Waals surface area (Å²) in [7, 11) is 1.37. The number of hydrogen-bond donors (Lipinski definition) is 2. The number of ether oxygens (including phenoxy) is 1. The second-order valence-electron chi connectivity index (χ2n) is 9.39. The molecule has 0 bridgehead atoms. The van der Waals surface area contributed by atoms with Crippen molar-refractivity contribution >= 4 is 38.7 Å². The third-order valence-electron chi connectivity index (χ3n) is 6.67. The van der Waals surface area contributed by atoms with Crippen LogP contribution in [-0.4, -0.2) is 58.6 Å². The van der Waals surface area contributed by atoms with E-state index in [2.05, 4.69) is 15.0 Å². The molecular weight excluding hydrogens is 478 g/mol. The van der Waals surface area contributed by atoms with Crippen LogP contribution < -0.4 is 14.9 Å². The van der Waals surface area contributed by atoms with Crippen molar-refractivity contribution in [3.8, 4) is 0 Å². The molecule has 2 aromatic carbocycles. The van der Waals surface area contributed by atoms with E-state index in [4.69, 9.17) is 9.72 Å². The lowest BCUT2D eigenvalue weighted by atomic mass is 9.82. The van der Waals surface area contributed by atoms with E-state index < -0.39 is 16.0 Å². The molecule has 9 nitrogen and oxygen atoms in total. The standard InChI is InChI=1S/C26H33N5O4S/c1-31(2)24-20-8-4-6-10-22(20)29-26(30-24)27-16-18-12-14-19(15-13-18)17-28-36(33,34)23-11-7-5-9-21(23)25(32)35-3/h4-11,18-19,28H,12-17H2,1-3H3,(H,27,29,30)/t18-,19-. The number of aromatic nitrogens is 2. The molecule has 192 valence electrons. The largest absolute Gasteiger partial charge is 0.465 e. The molecule has 1 heterocycles. The van der Waals surface area contributed by atoms with Gasteiger partial charge in [0.05, 0.1) is 23.1 Å². The number of hydrogen-bond acceptors (Lipinski definition) is 8. The fourth-order valence-electron chi connectivity index (χ4n) is 4.64. The van der Waals surface area contributed by atoms with Crippen LogP contribution in [0, 0.1) is 11.8 Å². The number of carbonyl (C=O) groups excluding carboxylic acids is 1. The summed E-state index contributed by atoms with van der Waals surface area (Å²) in [5, 5.41) is 4.43. The van der Waals surface area contributed by atoms with Crippen molar-refractivity contribution in [1.82, 2.24) is 14.7 Å². The Hall–Kier alpha value is -3.24. The lowest BCUT2D eigenvalue weighted by molar-refractivity contribution is 0.0596. The highest BCUT2D eigenvalue weighted by molar-refractivity contribution is 7.89. The van der Waals surface area contributed by atoms with Gasteiger partial charge < -0.3 is 15.0 Å². The predicted octanol–water partition coefficient (Wildman–Crippen LogP) is 3.68. The number of carbonyl (C=O) groups is 1. The summed E-state index contributed by atoms with van der Waals surface area (Å²) < 4.78 is 33.1. The van der Waals surface area contributed by atoms with Crippen molar-refractivity contribution in [3.05, 3.63) is 54.1 Å². The van der Waals surface area contributed by atoms with Gasteiger partial charge in [-0.3, -0.25) is 0 Å². The van der Waals surface area contributed by atoms with Gasteiger partial charge >= 0.3 is 5.97 Å². The van der Waals surface area contributed by atoms with Crippen molar-refractivity contribution < 1.29 is 17.9 Å². The van der Waals surface area contributed by atoms with E-state index in [0.29, 0.717) is 18.4 Å². The van der Waals surface area contributed by atoms with E-state index in [9.17, 15) is 13.2 Å². The molecule has 0 unspecified atom stereocenters. The number of benzene rings is 2. The van der Waals surface area contributed by atoms with Crippen LogP contribution in [0.15, 0.2) is 53.4 Å². The Morgan fingerprint density at radius 1 is 0.972 bits per heavy atom. The molecule has 0 amide bonds. The van der Waals surface area contributed by atoms with Gasteiger partial charge in [-0.2, -0.15) is 4.98 Å². The van der Waals surface area contributed by atoms with Crippen LogP contribution in [0.1, 0.15) is 36.0 Å². The monoisotopic (exact) mass is 511 g/mol. The summed E-state index contributed by atoms with van der Waals surface area (Å²) >= 11 is 0. The summed E-state index contributed by atoms with van der Waals surface area (Å²) in [6, 6.07) is 14.1. The molecular formula is C26H33N5O4S. The number of fused-ring (bicyclic) bond motifs is 1. The first kappa shape index (κ1) is 25.8. The van der Waals surface area contributed by atoms with Crippen LogP contribution in [0.3, 0.4) is 0 Å². The minimum atomic E-state index is -3.82. The smallest absolute Gasteiger partial charge is 0.339 e. The first-order valence-electron chi connectivity index (χ1n) is 12.1. The fraction of sp³-hybridized carbons (Fsp3) is 0.423. The molecule has 2 N–H and O–H groups in total. The number of nitrogens with zero attached hydrogens (tertiary/aromatic N) is 3. The molecule has 0 radical (unpaired) electrons. The molecule has 4 rings (SSSR count). The van der Waals surface area contributed by atoms with Gasteiger partial charge in [0.15, 0.2) is 0 Å². The SMILES string of the molecule is COC(=O)c1ccccc1S(=O)(=O)NC[C@H]1CC[C@H](CNc2nc(N(C)C)c3ccccc3n2)CC1. The van der Waals surface area contributed by atoms with E-state index in [1.807, 2.05) is 43.3 Å². The van der Waals surface area contributed by atoms with Gasteiger partial charge in [-0.05, 0) is 61.8 Å². The summed E-state index contributed by atoms with van der Waals surface area (Å²) in [5.74, 6) is 1.55. The van der Waals surface area contributed by atoms with E-state index in [1.54, 1.807) is 12.1 Å². The number of esters is 1. The summed E-state index contributed by atoms with van der Waals surface area (Å²) in [5.41, 5.74) is 0.944. The molecule has 1 fully saturated rings. The van der Waals surface area contributed by atoms with Gasteiger partial charge in [-0.25, -0.2) is 22.9 Å². The lowest BCUT2D eigenvalue weighted by Crippen LogP contribution is -2.33. The number of para-hydroxylation sites is 1. The van der Waals surface area contributed by atoms with Crippen LogP contribution >= 0.6 is 0 Å². The van der Waals surface area contributed by atoms with Crippen molar-refractivity contribution in [2.24, 2.45) is 11.8 Å². The Morgan fingerprint density at radius 3 is 2.31 bits per heavy atom. The topological polar surface area (TPSA) is 114 Å². The van der Waals surface area contributed by atoms with Crippen molar-refractivity contribution in [3.63, 3.8) is 0 Å². The second-order valence-corrected chi connectivity index (χ2v) is 11.1. The molecule has 0 saturated heterocycles. The Labute approximate surface area is 212 Å². The Balaban J connectivity index is 1.30. The highest BCUT2D eigenvalue weighted by Gasteiger charge is 2.26. The maximum Gasteiger partial charge on any atom is 0.339 e. The molecule has 1 aromatic heterocycles. The average molecular weight is 512 g/mol. The van der Waals surface area contributed by atoms with Crippen LogP contribution in [0.4, 0.5) is 11.8 Å². The summed E-state index contributed by atoms with van der Waals surface area (Å²) in [6.45, 7) is 1.12. The van der Waals surface area contributed by atoms with Crippen LogP contribution in [-0.2, 0) is 14.8 Å². The van der Waals surface area contributed by atoms with Crippen molar-refractivity contribution in [2.45, 2.75) is 30.6 Å². The van der Waals surface area contributed by atoms with Gasteiger partial charge in [-0.15, -0.1) is 0 Å². The van der Waals surface area contributed by atoms with Gasteiger partial charge in [-0.1, -0.05) is 24.3 Å². The van der Waals surface area contributed by atoms with E-state index >= 15 is 0 Å². The maximum atomic E-state index is 12.9. The van der Waals surface area contributed by atoms with Gasteiger partial charge in [0.25, 0.3) is 0 Å². The molecule has 0 aliphatic heterocycles. The summed E-state index contributed by atoms with van der Waals surface area (Å²) in [4.78, 5) is 23.3. The molecule has 10 heteroatoms. The lowest BCUT2D eigenvalue weighted by Gasteiger charge is -2.29.